The second-order valence-corrected chi connectivity index (χ2v) is 0. The minimum Gasteiger partial charge on any atom is -0.153 e. The molecule has 1 radical (unpaired) electrons. The summed E-state index contributed by atoms with van der Waals surface area (Å²) >= 11 is 0. The van der Waals surface area contributed by atoms with Gasteiger partial charge >= 0.3 is 0 Å². The molecular weight excluding hydrogens is 141 g/mol. The van der Waals surface area contributed by atoms with Gasteiger partial charge in [-0.3, -0.25) is 0 Å². The predicted molar refractivity (Wildman–Crippen MR) is 32.4 cm³/mol. The zero-order chi connectivity index (χ0) is 0. The van der Waals surface area contributed by atoms with E-state index in [9.17, 15) is 0 Å². The van der Waals surface area contributed by atoms with Crippen LogP contribution in [-0.2, 0) is 17.1 Å². The Labute approximate surface area is 55.4 Å². The molecule has 0 fully saturated rings. The molecule has 0 aliphatic heterocycles. The van der Waals surface area contributed by atoms with E-state index >= 15 is 0 Å². The average Bonchev–Trinajstić information content (AvgIpc) is 0. The van der Waals surface area contributed by atoms with Crippen LogP contribution in [0, 0.1) is 0 Å². The second-order valence-electron chi connectivity index (χ2n) is 0. The fourth-order valence-electron chi connectivity index (χ4n) is 0. The summed E-state index contributed by atoms with van der Waals surface area (Å²) in [6.45, 7) is 0. The van der Waals surface area contributed by atoms with Crippen LogP contribution in [0.3, 0.4) is 0 Å². The monoisotopic (exact) mass is 151 g/mol. The van der Waals surface area contributed by atoms with Gasteiger partial charge in [0.25, 0.3) is 0 Å². The first kappa shape index (κ1) is 43.6. The molecule has 1 unspecified atom stereocenters. The van der Waals surface area contributed by atoms with E-state index in [2.05, 4.69) is 0 Å². The summed E-state index contributed by atoms with van der Waals surface area (Å²) in [4.78, 5) is 0. The molecule has 0 N–H and O–H groups in total. The van der Waals surface area contributed by atoms with E-state index in [0.29, 0.717) is 0 Å². The summed E-state index contributed by atoms with van der Waals surface area (Å²) in [5.41, 5.74) is 0. The van der Waals surface area contributed by atoms with E-state index in [1.807, 2.05) is 0 Å². The van der Waals surface area contributed by atoms with Crippen molar-refractivity contribution in [1.82, 2.24) is 0 Å². The fraction of sp³-hybridized carbons (Fsp3) is 0. The molecule has 0 aromatic carbocycles. The van der Waals surface area contributed by atoms with E-state index in [4.69, 9.17) is 0 Å². The Morgan fingerprint density at radius 2 is 1.00 bits per heavy atom. The van der Waals surface area contributed by atoms with Crippen LogP contribution in [0.4, 0.5) is 0 Å². The summed E-state index contributed by atoms with van der Waals surface area (Å²) in [7, 11) is 0. The third-order valence-electron chi connectivity index (χ3n) is 0. The van der Waals surface area contributed by atoms with Crippen molar-refractivity contribution in [2.24, 2.45) is 0 Å². The van der Waals surface area contributed by atoms with Gasteiger partial charge in [0.05, 0.1) is 0 Å². The molecule has 29 valence electrons. The van der Waals surface area contributed by atoms with Crippen LogP contribution < -0.4 is 0 Å². The van der Waals surface area contributed by atoms with E-state index in [0.717, 1.165) is 0 Å². The molecule has 4 heteroatoms. The first-order chi connectivity index (χ1) is 0. The van der Waals surface area contributed by atoms with Crippen molar-refractivity contribution < 1.29 is 17.1 Å². The van der Waals surface area contributed by atoms with Gasteiger partial charge in [0.2, 0.25) is 0 Å². The maximum Gasteiger partial charge on any atom is 0.187 e. The Morgan fingerprint density at radius 1 is 1.00 bits per heavy atom. The third-order valence-corrected chi connectivity index (χ3v) is 0. The van der Waals surface area contributed by atoms with Gasteiger partial charge in [0.15, 0.2) is 17.4 Å². The van der Waals surface area contributed by atoms with Gasteiger partial charge in [-0.05, 0) is 11.0 Å². The van der Waals surface area contributed by atoms with Gasteiger partial charge in [0.1, 0.15) is 0 Å². The topological polar surface area (TPSA) is 0 Å². The number of hydrogen-bond acceptors (Lipinski definition) is 0. The molecule has 0 aliphatic rings. The standard InChI is InChI=1S/Al.Mn.H3P.H4Si.3H/h;;1H3;1H4;;;. The first-order valence-corrected chi connectivity index (χ1v) is 0. The van der Waals surface area contributed by atoms with Gasteiger partial charge < -0.3 is 0 Å². The molecule has 0 saturated heterocycles. The van der Waals surface area contributed by atoms with E-state index in [1.165, 1.54) is 0 Å². The Kier molecular flexibility index (Phi) is 243. The van der Waals surface area contributed by atoms with Crippen molar-refractivity contribution in [2.75, 3.05) is 0 Å². The minimum absolute atomic E-state index is 0. The largest absolute Gasteiger partial charge is 0.187 e. The molecule has 0 spiro atoms. The van der Waals surface area contributed by atoms with Gasteiger partial charge in [-0.25, -0.2) is 0 Å². The maximum absolute atomic E-state index is 0. The summed E-state index contributed by atoms with van der Waals surface area (Å²) in [6.07, 6.45) is 0. The molecule has 0 aliphatic carbocycles. The van der Waals surface area contributed by atoms with E-state index < -0.39 is 0 Å². The molecule has 0 bridgehead atoms. The van der Waals surface area contributed by atoms with Crippen molar-refractivity contribution >= 4 is 38.2 Å². The number of hydrogen-bond donors (Lipinski definition) is 0. The van der Waals surface area contributed by atoms with Gasteiger partial charge in [0, 0.05) is 17.1 Å². The van der Waals surface area contributed by atoms with E-state index in [-0.39, 0.29) is 55.3 Å². The second kappa shape index (κ2) is 22.3. The van der Waals surface area contributed by atoms with Crippen molar-refractivity contribution in [3.8, 4) is 0 Å². The van der Waals surface area contributed by atoms with Crippen LogP contribution in [-0.4, -0.2) is 28.3 Å². The van der Waals surface area contributed by atoms with Crippen LogP contribution in [0.15, 0.2) is 0 Å². The van der Waals surface area contributed by atoms with Crippen molar-refractivity contribution in [2.45, 2.75) is 0 Å². The van der Waals surface area contributed by atoms with Crippen molar-refractivity contribution in [3.05, 3.63) is 0 Å². The van der Waals surface area contributed by atoms with Crippen molar-refractivity contribution in [1.29, 1.82) is 0 Å². The molecule has 0 rings (SSSR count). The minimum atomic E-state index is 0. The molecule has 0 nitrogen and oxygen atoms in total. The van der Waals surface area contributed by atoms with Crippen LogP contribution in [0.5, 0.6) is 0 Å². The van der Waals surface area contributed by atoms with Crippen LogP contribution in [0.2, 0.25) is 0 Å². The quantitative estimate of drug-likeness (QED) is 0.263. The number of rotatable bonds is 0. The molecule has 0 heterocycles. The molecule has 1 atom stereocenters. The molecule has 0 amide bonds. The zero-order valence-corrected chi connectivity index (χ0v) is 3.68. The molecule has 0 aromatic heterocycles. The van der Waals surface area contributed by atoms with Gasteiger partial charge in [-0.15, -0.1) is 0 Å². The predicted octanol–water partition coefficient (Wildman–Crippen LogP) is -2.58. The molecule has 4 heavy (non-hydrogen) atoms. The fourth-order valence-corrected chi connectivity index (χ4v) is 0. The normalized spacial score (nSPS) is 0. The molecular formula is H10AlMnPSi. The Bertz CT molecular complexity index is 8.00. The first-order valence-electron chi connectivity index (χ1n) is 0. The maximum atomic E-state index is 0. The van der Waals surface area contributed by atoms with E-state index in [1.54, 1.807) is 0 Å². The van der Waals surface area contributed by atoms with Crippen LogP contribution in [0.25, 0.3) is 0 Å². The summed E-state index contributed by atoms with van der Waals surface area (Å²) in [5, 5.41) is 0. The SMILES string of the molecule is P.[AlH3].[Mn].[SiH4]. The molecule has 0 aromatic rings. The zero-order valence-electron chi connectivity index (χ0n) is 1.09. The Morgan fingerprint density at radius 3 is 1.00 bits per heavy atom. The average molecular weight is 151 g/mol. The van der Waals surface area contributed by atoms with Crippen LogP contribution >= 0.6 is 9.90 Å². The Balaban J connectivity index is 0. The van der Waals surface area contributed by atoms with Crippen molar-refractivity contribution in [3.63, 3.8) is 0 Å². The third kappa shape index (κ3) is 9.34. The molecule has 0 saturated carbocycles. The smallest absolute Gasteiger partial charge is 0.153 e. The Hall–Kier alpha value is 1.70. The van der Waals surface area contributed by atoms with Gasteiger partial charge in [-0.1, -0.05) is 0 Å². The summed E-state index contributed by atoms with van der Waals surface area (Å²) < 4.78 is 0. The van der Waals surface area contributed by atoms with Gasteiger partial charge in [-0.2, -0.15) is 9.90 Å². The summed E-state index contributed by atoms with van der Waals surface area (Å²) in [5.74, 6) is 0. The summed E-state index contributed by atoms with van der Waals surface area (Å²) in [6, 6.07) is 0. The van der Waals surface area contributed by atoms with Crippen LogP contribution in [0.1, 0.15) is 0 Å².